The summed E-state index contributed by atoms with van der Waals surface area (Å²) in [6.07, 6.45) is 0.316. The minimum atomic E-state index is -3.55. The highest BCUT2D eigenvalue weighted by molar-refractivity contribution is 9.11. The Bertz CT molecular complexity index is 713. The average Bonchev–Trinajstić information content (AvgIpc) is 2.72. The maximum Gasteiger partial charge on any atom is 0.241 e. The summed E-state index contributed by atoms with van der Waals surface area (Å²) in [5.41, 5.74) is 0.499. The Hall–Kier alpha value is -0.760. The Labute approximate surface area is 130 Å². The molecule has 2 aromatic rings. The van der Waals surface area contributed by atoms with Crippen molar-refractivity contribution in [1.29, 1.82) is 0 Å². The fourth-order valence-electron chi connectivity index (χ4n) is 1.80. The fraction of sp³-hybridized carbons (Fsp3) is 0.231. The van der Waals surface area contributed by atoms with E-state index in [-0.39, 0.29) is 17.3 Å². The second-order valence-corrected chi connectivity index (χ2v) is 8.58. The molecule has 3 nitrogen and oxygen atoms in total. The zero-order valence-electron chi connectivity index (χ0n) is 10.7. The number of halogens is 2. The quantitative estimate of drug-likeness (QED) is 0.866. The molecule has 20 heavy (non-hydrogen) atoms. The number of aryl methyl sites for hydroxylation is 1. The lowest BCUT2D eigenvalue weighted by molar-refractivity contribution is 0.577. The number of hydrogen-bond acceptors (Lipinski definition) is 3. The van der Waals surface area contributed by atoms with E-state index in [1.165, 1.54) is 17.4 Å². The van der Waals surface area contributed by atoms with Gasteiger partial charge in [0.05, 0.1) is 8.68 Å². The molecule has 0 saturated heterocycles. The van der Waals surface area contributed by atoms with E-state index < -0.39 is 10.0 Å². The molecule has 1 N–H and O–H groups in total. The first-order valence-electron chi connectivity index (χ1n) is 5.89. The highest BCUT2D eigenvalue weighted by Crippen LogP contribution is 2.29. The van der Waals surface area contributed by atoms with E-state index in [1.807, 2.05) is 0 Å². The lowest BCUT2D eigenvalue weighted by Crippen LogP contribution is -2.26. The molecule has 0 aliphatic carbocycles. The Morgan fingerprint density at radius 2 is 2.05 bits per heavy atom. The van der Waals surface area contributed by atoms with Crippen LogP contribution in [0.5, 0.6) is 0 Å². The van der Waals surface area contributed by atoms with Gasteiger partial charge in [-0.05, 0) is 47.0 Å². The van der Waals surface area contributed by atoms with Gasteiger partial charge in [-0.25, -0.2) is 17.5 Å². The normalized spacial score (nSPS) is 11.8. The summed E-state index contributed by atoms with van der Waals surface area (Å²) < 4.78 is 40.9. The van der Waals surface area contributed by atoms with Gasteiger partial charge in [-0.3, -0.25) is 0 Å². The monoisotopic (exact) mass is 377 g/mol. The van der Waals surface area contributed by atoms with Crippen molar-refractivity contribution in [3.8, 4) is 0 Å². The smallest absolute Gasteiger partial charge is 0.211 e. The van der Waals surface area contributed by atoms with Gasteiger partial charge in [-0.1, -0.05) is 18.2 Å². The predicted molar refractivity (Wildman–Crippen MR) is 82.0 cm³/mol. The summed E-state index contributed by atoms with van der Waals surface area (Å²) in [7, 11) is -3.55. The Kier molecular flexibility index (Phi) is 4.95. The third-order valence-electron chi connectivity index (χ3n) is 2.78. The molecule has 1 aromatic heterocycles. The van der Waals surface area contributed by atoms with Crippen LogP contribution in [-0.4, -0.2) is 15.0 Å². The average molecular weight is 378 g/mol. The summed E-state index contributed by atoms with van der Waals surface area (Å²) in [4.78, 5) is 0.984. The molecule has 0 aliphatic rings. The Morgan fingerprint density at radius 3 is 2.65 bits per heavy atom. The van der Waals surface area contributed by atoms with E-state index >= 15 is 0 Å². The summed E-state index contributed by atoms with van der Waals surface area (Å²) in [6.45, 7) is 1.91. The third-order valence-corrected chi connectivity index (χ3v) is 6.05. The van der Waals surface area contributed by atoms with Crippen LogP contribution >= 0.6 is 27.3 Å². The molecule has 0 spiro atoms. The standard InChI is InChI=1S/C13H13BrFNO2S2/c1-9-12(8-13(14)19-9)20(17,18)16-7-6-10-4-2-3-5-11(10)15/h2-5,8,16H,6-7H2,1H3. The molecule has 0 radical (unpaired) electrons. The van der Waals surface area contributed by atoms with Crippen LogP contribution in [0.4, 0.5) is 4.39 Å². The molecule has 108 valence electrons. The molecule has 0 atom stereocenters. The predicted octanol–water partition coefficient (Wildman–Crippen LogP) is 3.48. The van der Waals surface area contributed by atoms with Crippen LogP contribution in [0.2, 0.25) is 0 Å². The van der Waals surface area contributed by atoms with Crippen LogP contribution in [0.15, 0.2) is 39.0 Å². The lowest BCUT2D eigenvalue weighted by Gasteiger charge is -2.07. The van der Waals surface area contributed by atoms with E-state index in [1.54, 1.807) is 31.2 Å². The van der Waals surface area contributed by atoms with Crippen molar-refractivity contribution in [1.82, 2.24) is 4.72 Å². The van der Waals surface area contributed by atoms with Crippen molar-refractivity contribution < 1.29 is 12.8 Å². The maximum atomic E-state index is 13.4. The summed E-state index contributed by atoms with van der Waals surface area (Å²) in [5.74, 6) is -0.318. The molecule has 7 heteroatoms. The van der Waals surface area contributed by atoms with Crippen LogP contribution in [0.1, 0.15) is 10.4 Å². The molecule has 0 fully saturated rings. The van der Waals surface area contributed by atoms with E-state index in [4.69, 9.17) is 0 Å². The van der Waals surface area contributed by atoms with Crippen molar-refractivity contribution in [2.75, 3.05) is 6.54 Å². The van der Waals surface area contributed by atoms with Crippen LogP contribution in [-0.2, 0) is 16.4 Å². The van der Waals surface area contributed by atoms with Gasteiger partial charge in [0.15, 0.2) is 0 Å². The first-order chi connectivity index (χ1) is 9.40. The first kappa shape index (κ1) is 15.6. The lowest BCUT2D eigenvalue weighted by atomic mass is 10.1. The van der Waals surface area contributed by atoms with E-state index in [0.29, 0.717) is 12.0 Å². The van der Waals surface area contributed by atoms with Gasteiger partial charge >= 0.3 is 0 Å². The van der Waals surface area contributed by atoms with Gasteiger partial charge in [0.1, 0.15) is 5.82 Å². The second-order valence-electron chi connectivity index (χ2n) is 4.21. The highest BCUT2D eigenvalue weighted by Gasteiger charge is 2.19. The van der Waals surface area contributed by atoms with Crippen molar-refractivity contribution in [2.45, 2.75) is 18.2 Å². The Balaban J connectivity index is 2.04. The Morgan fingerprint density at radius 1 is 1.35 bits per heavy atom. The number of thiophene rings is 1. The molecular formula is C13H13BrFNO2S2. The third kappa shape index (κ3) is 3.66. The van der Waals surface area contributed by atoms with E-state index in [0.717, 1.165) is 8.66 Å². The fourth-order valence-corrected chi connectivity index (χ4v) is 5.24. The van der Waals surface area contributed by atoms with Gasteiger partial charge < -0.3 is 0 Å². The topological polar surface area (TPSA) is 46.2 Å². The number of rotatable bonds is 5. The van der Waals surface area contributed by atoms with Gasteiger partial charge in [-0.15, -0.1) is 11.3 Å². The molecular weight excluding hydrogens is 365 g/mol. The SMILES string of the molecule is Cc1sc(Br)cc1S(=O)(=O)NCCc1ccccc1F. The van der Waals surface area contributed by atoms with Gasteiger partial charge in [0.25, 0.3) is 0 Å². The molecule has 0 saturated carbocycles. The number of hydrogen-bond donors (Lipinski definition) is 1. The minimum Gasteiger partial charge on any atom is -0.211 e. The molecule has 0 unspecified atom stereocenters. The van der Waals surface area contributed by atoms with Crippen molar-refractivity contribution >= 4 is 37.3 Å². The molecule has 1 heterocycles. The highest BCUT2D eigenvalue weighted by atomic mass is 79.9. The molecule has 1 aromatic carbocycles. The van der Waals surface area contributed by atoms with Crippen molar-refractivity contribution in [2.24, 2.45) is 0 Å². The first-order valence-corrected chi connectivity index (χ1v) is 8.98. The zero-order chi connectivity index (χ0) is 14.8. The van der Waals surface area contributed by atoms with Crippen LogP contribution in [0.25, 0.3) is 0 Å². The molecule has 0 amide bonds. The van der Waals surface area contributed by atoms with Crippen molar-refractivity contribution in [3.63, 3.8) is 0 Å². The van der Waals surface area contributed by atoms with Crippen LogP contribution in [0.3, 0.4) is 0 Å². The summed E-state index contributed by atoms with van der Waals surface area (Å²) >= 11 is 4.63. The maximum absolute atomic E-state index is 13.4. The molecule has 0 aliphatic heterocycles. The zero-order valence-corrected chi connectivity index (χ0v) is 13.9. The molecule has 0 bridgehead atoms. The van der Waals surface area contributed by atoms with Crippen LogP contribution < -0.4 is 4.72 Å². The van der Waals surface area contributed by atoms with Gasteiger partial charge in [0, 0.05) is 11.4 Å². The van der Waals surface area contributed by atoms with Crippen molar-refractivity contribution in [3.05, 3.63) is 50.4 Å². The number of benzene rings is 1. The number of sulfonamides is 1. The minimum absolute atomic E-state index is 0.163. The second kappa shape index (κ2) is 6.34. The van der Waals surface area contributed by atoms with E-state index in [2.05, 4.69) is 20.7 Å². The van der Waals surface area contributed by atoms with E-state index in [9.17, 15) is 12.8 Å². The largest absolute Gasteiger partial charge is 0.241 e. The summed E-state index contributed by atoms with van der Waals surface area (Å²) in [6, 6.07) is 7.92. The number of nitrogens with one attached hydrogen (secondary N) is 1. The summed E-state index contributed by atoms with van der Waals surface area (Å²) in [5, 5.41) is 0. The van der Waals surface area contributed by atoms with Crippen LogP contribution in [0, 0.1) is 12.7 Å². The van der Waals surface area contributed by atoms with Gasteiger partial charge in [-0.2, -0.15) is 0 Å². The van der Waals surface area contributed by atoms with Gasteiger partial charge in [0.2, 0.25) is 10.0 Å². The molecule has 2 rings (SSSR count).